The van der Waals surface area contributed by atoms with Gasteiger partial charge in [-0.3, -0.25) is 0 Å². The average molecular weight is 362 g/mol. The van der Waals surface area contributed by atoms with Gasteiger partial charge in [-0.05, 0) is 6.92 Å². The molecule has 3 aliphatic heterocycles. The van der Waals surface area contributed by atoms with Crippen LogP contribution in [0, 0.1) is 0 Å². The molecule has 4 heterocycles. The molecule has 4 rings (SSSR count). The number of ether oxygens (including phenoxy) is 1. The summed E-state index contributed by atoms with van der Waals surface area (Å²) in [6, 6.07) is 1.63. The van der Waals surface area contributed by atoms with Gasteiger partial charge in [0.05, 0.1) is 12.2 Å². The molecule has 0 radical (unpaired) electrons. The number of rotatable bonds is 2. The molecule has 10 heteroatoms. The fourth-order valence-corrected chi connectivity index (χ4v) is 3.26. The van der Waals surface area contributed by atoms with E-state index in [1.54, 1.807) is 6.07 Å². The zero-order valence-electron chi connectivity index (χ0n) is 14.3. The molecule has 1 aromatic rings. The summed E-state index contributed by atoms with van der Waals surface area (Å²) in [5.74, 6) is 1.83. The normalized spacial score (nSPS) is 30.3. The van der Waals surface area contributed by atoms with Crippen molar-refractivity contribution < 1.29 is 24.6 Å². The van der Waals surface area contributed by atoms with Crippen molar-refractivity contribution in [1.29, 1.82) is 0 Å². The van der Waals surface area contributed by atoms with E-state index in [-0.39, 0.29) is 6.54 Å². The van der Waals surface area contributed by atoms with Crippen LogP contribution in [0.15, 0.2) is 38.8 Å². The molecular weight excluding hydrogens is 342 g/mol. The molecule has 0 aliphatic carbocycles. The first-order valence-electron chi connectivity index (χ1n) is 8.26. The van der Waals surface area contributed by atoms with Gasteiger partial charge in [0.15, 0.2) is 5.84 Å². The number of aliphatic hydroxyl groups is 3. The van der Waals surface area contributed by atoms with Crippen molar-refractivity contribution in [2.75, 3.05) is 13.7 Å². The topological polar surface area (TPSA) is 124 Å². The van der Waals surface area contributed by atoms with Crippen molar-refractivity contribution in [3.8, 4) is 0 Å². The molecule has 1 fully saturated rings. The Balaban J connectivity index is 1.75. The summed E-state index contributed by atoms with van der Waals surface area (Å²) in [6.07, 6.45) is -1.28. The standard InChI is InChI=1S/C16H20N5O5/c1-8-17-14-9(5-19(8)2)6-21-11(18-14)3-4-20(16(21)25)15-13(24)12(23)10(7-22)26-15/h3-5,10,12-13,15,22-24H,6-7H2,1-2H3/q+1/t10-,12+,13+,15-/m0/s1. The van der Waals surface area contributed by atoms with Gasteiger partial charge >= 0.3 is 5.69 Å². The van der Waals surface area contributed by atoms with E-state index in [9.17, 15) is 20.1 Å². The number of hydrogen-bond acceptors (Lipinski definition) is 8. The van der Waals surface area contributed by atoms with Gasteiger partial charge in [-0.1, -0.05) is 0 Å². The van der Waals surface area contributed by atoms with E-state index in [1.807, 2.05) is 25.1 Å². The summed E-state index contributed by atoms with van der Waals surface area (Å²) in [4.78, 5) is 23.6. The smallest absolute Gasteiger partial charge is 0.394 e. The maximum absolute atomic E-state index is 12.9. The molecule has 0 aromatic carbocycles. The molecule has 10 nitrogen and oxygen atoms in total. The van der Waals surface area contributed by atoms with Crippen LogP contribution < -0.4 is 10.3 Å². The maximum atomic E-state index is 12.9. The molecule has 1 aromatic heterocycles. The van der Waals surface area contributed by atoms with E-state index in [2.05, 4.69) is 9.98 Å². The Morgan fingerprint density at radius 2 is 2.12 bits per heavy atom. The maximum Gasteiger partial charge on any atom is 0.502 e. The molecule has 4 atom stereocenters. The third-order valence-electron chi connectivity index (χ3n) is 4.87. The van der Waals surface area contributed by atoms with Crippen molar-refractivity contribution in [1.82, 2.24) is 9.47 Å². The van der Waals surface area contributed by atoms with E-state index in [1.165, 1.54) is 15.3 Å². The van der Waals surface area contributed by atoms with Crippen molar-refractivity contribution in [3.63, 3.8) is 0 Å². The van der Waals surface area contributed by atoms with Gasteiger partial charge in [-0.15, -0.1) is 0 Å². The number of hydrogen-bond donors (Lipinski definition) is 3. The van der Waals surface area contributed by atoms with Crippen LogP contribution in [-0.2, 0) is 11.3 Å². The van der Waals surface area contributed by atoms with Crippen LogP contribution in [0.2, 0.25) is 0 Å². The summed E-state index contributed by atoms with van der Waals surface area (Å²) < 4.78 is 8.11. The summed E-state index contributed by atoms with van der Waals surface area (Å²) in [5, 5.41) is 29.3. The molecule has 3 aliphatic rings. The predicted molar refractivity (Wildman–Crippen MR) is 90.0 cm³/mol. The first kappa shape index (κ1) is 17.0. The number of aliphatic imine (C=N–C) groups is 2. The summed E-state index contributed by atoms with van der Waals surface area (Å²) in [5.41, 5.74) is 0.363. The van der Waals surface area contributed by atoms with E-state index in [4.69, 9.17) is 4.74 Å². The van der Waals surface area contributed by atoms with Crippen LogP contribution in [0.1, 0.15) is 13.2 Å². The molecule has 26 heavy (non-hydrogen) atoms. The molecule has 0 amide bonds. The second-order valence-electron chi connectivity index (χ2n) is 6.54. The lowest BCUT2D eigenvalue weighted by Crippen LogP contribution is -2.60. The van der Waals surface area contributed by atoms with E-state index < -0.39 is 36.8 Å². The van der Waals surface area contributed by atoms with Crippen LogP contribution in [0.5, 0.6) is 0 Å². The highest BCUT2D eigenvalue weighted by Gasteiger charge is 2.47. The zero-order valence-corrected chi connectivity index (χ0v) is 14.3. The highest BCUT2D eigenvalue weighted by molar-refractivity contribution is 6.09. The van der Waals surface area contributed by atoms with Crippen LogP contribution in [0.3, 0.4) is 0 Å². The fraction of sp³-hybridized carbons (Fsp3) is 0.500. The van der Waals surface area contributed by atoms with Crippen molar-refractivity contribution in [3.05, 3.63) is 34.5 Å². The Kier molecular flexibility index (Phi) is 3.99. The quantitative estimate of drug-likeness (QED) is 0.525. The number of nitrogens with zero attached hydrogens (tertiary/aromatic N) is 5. The summed E-state index contributed by atoms with van der Waals surface area (Å²) in [6.45, 7) is 1.70. The molecule has 0 unspecified atom stereocenters. The van der Waals surface area contributed by atoms with Crippen LogP contribution >= 0.6 is 0 Å². The van der Waals surface area contributed by atoms with Crippen molar-refractivity contribution in [2.24, 2.45) is 9.98 Å². The Bertz CT molecular complexity index is 905. The van der Waals surface area contributed by atoms with E-state index in [0.29, 0.717) is 11.7 Å². The van der Waals surface area contributed by atoms with Gasteiger partial charge < -0.3 is 25.0 Å². The first-order chi connectivity index (χ1) is 12.4. The lowest BCUT2D eigenvalue weighted by molar-refractivity contribution is -0.781. The van der Waals surface area contributed by atoms with Gasteiger partial charge in [0, 0.05) is 19.3 Å². The summed E-state index contributed by atoms with van der Waals surface area (Å²) >= 11 is 0. The summed E-state index contributed by atoms with van der Waals surface area (Å²) in [7, 11) is 1.87. The van der Waals surface area contributed by atoms with Gasteiger partial charge in [0.25, 0.3) is 0 Å². The second kappa shape index (κ2) is 6.09. The Morgan fingerprint density at radius 1 is 1.35 bits per heavy atom. The Hall–Kier alpha value is -2.40. The van der Waals surface area contributed by atoms with E-state index in [0.717, 1.165) is 11.4 Å². The fourth-order valence-electron chi connectivity index (χ4n) is 3.26. The second-order valence-corrected chi connectivity index (χ2v) is 6.54. The first-order valence-corrected chi connectivity index (χ1v) is 8.26. The van der Waals surface area contributed by atoms with Crippen molar-refractivity contribution >= 4 is 17.5 Å². The lowest BCUT2D eigenvalue weighted by atomic mass is 10.1. The third kappa shape index (κ3) is 2.50. The lowest BCUT2D eigenvalue weighted by Gasteiger charge is -2.23. The number of fused-ring (bicyclic) bond motifs is 2. The molecule has 1 saturated heterocycles. The van der Waals surface area contributed by atoms with E-state index >= 15 is 0 Å². The molecule has 0 saturated carbocycles. The predicted octanol–water partition coefficient (Wildman–Crippen LogP) is -1.96. The zero-order chi connectivity index (χ0) is 18.6. The Morgan fingerprint density at radius 3 is 2.81 bits per heavy atom. The molecule has 0 spiro atoms. The van der Waals surface area contributed by atoms with Gasteiger partial charge in [-0.25, -0.2) is 4.99 Å². The third-order valence-corrected chi connectivity index (χ3v) is 4.87. The minimum absolute atomic E-state index is 0.282. The van der Waals surface area contributed by atoms with Crippen LogP contribution in [0.4, 0.5) is 5.82 Å². The van der Waals surface area contributed by atoms with Gasteiger partial charge in [0.2, 0.25) is 12.0 Å². The highest BCUT2D eigenvalue weighted by atomic mass is 16.6. The molecule has 3 N–H and O–H groups in total. The van der Waals surface area contributed by atoms with Crippen LogP contribution in [-0.4, -0.2) is 68.4 Å². The number of aromatic nitrogens is 2. The average Bonchev–Trinajstić information content (AvgIpc) is 2.90. The highest BCUT2D eigenvalue weighted by Crippen LogP contribution is 2.26. The van der Waals surface area contributed by atoms with Gasteiger partial charge in [-0.2, -0.15) is 18.9 Å². The molecular formula is C16H20N5O5+. The van der Waals surface area contributed by atoms with Crippen molar-refractivity contribution in [2.45, 2.75) is 38.0 Å². The monoisotopic (exact) mass is 362 g/mol. The molecule has 138 valence electrons. The number of amidine groups is 2. The van der Waals surface area contributed by atoms with Gasteiger partial charge in [0.1, 0.15) is 36.9 Å². The largest absolute Gasteiger partial charge is 0.502 e. The SMILES string of the molecule is CC1=NC2=Nc3cc[n+]([C@H]4O[C@@H](CO)[C@@H](O)[C@H]4O)c(=O)n3CC2=CN1C. The minimum Gasteiger partial charge on any atom is -0.394 e. The van der Waals surface area contributed by atoms with Crippen LogP contribution in [0.25, 0.3) is 0 Å². The Labute approximate surface area is 148 Å². The molecule has 0 bridgehead atoms. The number of aliphatic hydroxyl groups excluding tert-OH is 3. The minimum atomic E-state index is -1.32.